The van der Waals surface area contributed by atoms with Gasteiger partial charge >= 0.3 is 0 Å². The van der Waals surface area contributed by atoms with E-state index in [1.54, 1.807) is 19.1 Å². The van der Waals surface area contributed by atoms with Crippen molar-refractivity contribution < 1.29 is 4.79 Å². The van der Waals surface area contributed by atoms with Gasteiger partial charge in [-0.25, -0.2) is 4.68 Å². The second-order valence-electron chi connectivity index (χ2n) is 4.58. The van der Waals surface area contributed by atoms with Gasteiger partial charge in [-0.05, 0) is 18.6 Å². The van der Waals surface area contributed by atoms with Gasteiger partial charge in [-0.3, -0.25) is 9.59 Å². The number of halogens is 3. The van der Waals surface area contributed by atoms with Crippen molar-refractivity contribution in [3.05, 3.63) is 61.4 Å². The van der Waals surface area contributed by atoms with Gasteiger partial charge in [0.25, 0.3) is 5.56 Å². The van der Waals surface area contributed by atoms with Crippen LogP contribution < -0.4 is 10.9 Å². The fraction of sp³-hybridized carbons (Fsp3) is 0.214. The van der Waals surface area contributed by atoms with Crippen molar-refractivity contribution >= 4 is 40.7 Å². The smallest absolute Gasteiger partial charge is 0.287 e. The van der Waals surface area contributed by atoms with Gasteiger partial charge < -0.3 is 5.32 Å². The summed E-state index contributed by atoms with van der Waals surface area (Å²) in [5.74, 6) is -0.389. The van der Waals surface area contributed by atoms with Crippen LogP contribution in [0.4, 0.5) is 0 Å². The van der Waals surface area contributed by atoms with Gasteiger partial charge in [-0.15, -0.1) is 0 Å². The largest absolute Gasteiger partial charge is 0.348 e. The maximum absolute atomic E-state index is 12.0. The Morgan fingerprint density at radius 1 is 1.27 bits per heavy atom. The van der Waals surface area contributed by atoms with Crippen LogP contribution in [0.5, 0.6) is 0 Å². The Labute approximate surface area is 141 Å². The van der Waals surface area contributed by atoms with Gasteiger partial charge in [0.2, 0.25) is 5.91 Å². The van der Waals surface area contributed by atoms with Crippen LogP contribution >= 0.6 is 34.8 Å². The van der Waals surface area contributed by atoms with Crippen LogP contribution in [-0.4, -0.2) is 15.7 Å². The van der Waals surface area contributed by atoms with Crippen molar-refractivity contribution in [2.75, 3.05) is 0 Å². The molecule has 0 aliphatic carbocycles. The van der Waals surface area contributed by atoms with E-state index in [1.807, 2.05) is 12.1 Å². The molecule has 2 rings (SSSR count). The summed E-state index contributed by atoms with van der Waals surface area (Å²) in [6, 6.07) is 6.88. The Kier molecular flexibility index (Phi) is 5.45. The minimum Gasteiger partial charge on any atom is -0.348 e. The monoisotopic (exact) mass is 359 g/mol. The highest BCUT2D eigenvalue weighted by Crippen LogP contribution is 2.22. The van der Waals surface area contributed by atoms with Crippen LogP contribution in [0, 0.1) is 0 Å². The first-order valence-electron chi connectivity index (χ1n) is 6.35. The Morgan fingerprint density at radius 3 is 2.64 bits per heavy atom. The lowest BCUT2D eigenvalue weighted by Crippen LogP contribution is -2.35. The third kappa shape index (κ3) is 3.80. The number of carbonyl (C=O) groups is 1. The normalized spacial score (nSPS) is 12.0. The number of carbonyl (C=O) groups excluding carboxylic acids is 1. The molecule has 5 nitrogen and oxygen atoms in total. The summed E-state index contributed by atoms with van der Waals surface area (Å²) in [6.07, 6.45) is 1.22. The van der Waals surface area contributed by atoms with Gasteiger partial charge in [0, 0.05) is 5.02 Å². The van der Waals surface area contributed by atoms with Gasteiger partial charge in [-0.1, -0.05) is 53.0 Å². The molecular weight excluding hydrogens is 349 g/mol. The van der Waals surface area contributed by atoms with Crippen molar-refractivity contribution in [1.82, 2.24) is 15.1 Å². The van der Waals surface area contributed by atoms with Crippen LogP contribution in [0.25, 0.3) is 0 Å². The third-order valence-electron chi connectivity index (χ3n) is 2.98. The number of benzene rings is 1. The summed E-state index contributed by atoms with van der Waals surface area (Å²) in [7, 11) is 0. The Balaban J connectivity index is 2.09. The number of aromatic nitrogens is 2. The van der Waals surface area contributed by atoms with Crippen molar-refractivity contribution in [1.29, 1.82) is 0 Å². The van der Waals surface area contributed by atoms with E-state index in [0.29, 0.717) is 5.02 Å². The summed E-state index contributed by atoms with van der Waals surface area (Å²) < 4.78 is 0.947. The van der Waals surface area contributed by atoms with Crippen LogP contribution in [0.3, 0.4) is 0 Å². The molecule has 0 saturated carbocycles. The lowest BCUT2D eigenvalue weighted by atomic mass is 10.1. The van der Waals surface area contributed by atoms with E-state index >= 15 is 0 Å². The molecule has 0 spiro atoms. The number of amides is 1. The average Bonchev–Trinajstić information content (AvgIpc) is 2.48. The molecule has 1 aromatic heterocycles. The SMILES string of the molecule is C[C@@H](NC(=O)Cn1ncc(Cl)c(Cl)c1=O)c1ccccc1Cl. The second kappa shape index (κ2) is 7.13. The van der Waals surface area contributed by atoms with Gasteiger partial charge in [-0.2, -0.15) is 5.10 Å². The molecule has 116 valence electrons. The lowest BCUT2D eigenvalue weighted by Gasteiger charge is -2.16. The Bertz CT molecular complexity index is 761. The first kappa shape index (κ1) is 16.8. The first-order chi connectivity index (χ1) is 10.4. The molecule has 8 heteroatoms. The fourth-order valence-corrected chi connectivity index (χ4v) is 2.45. The highest BCUT2D eigenvalue weighted by atomic mass is 35.5. The molecule has 22 heavy (non-hydrogen) atoms. The maximum atomic E-state index is 12.0. The molecule has 2 aromatic rings. The fourth-order valence-electron chi connectivity index (χ4n) is 1.88. The van der Waals surface area contributed by atoms with E-state index in [4.69, 9.17) is 34.8 Å². The van der Waals surface area contributed by atoms with E-state index in [9.17, 15) is 9.59 Å². The molecule has 0 saturated heterocycles. The minimum absolute atomic E-state index is 0.0489. The van der Waals surface area contributed by atoms with Crippen molar-refractivity contribution in [3.8, 4) is 0 Å². The predicted molar refractivity (Wildman–Crippen MR) is 86.5 cm³/mol. The zero-order valence-corrected chi connectivity index (χ0v) is 13.8. The molecule has 0 bridgehead atoms. The van der Waals surface area contributed by atoms with Crippen molar-refractivity contribution in [3.63, 3.8) is 0 Å². The number of hydrogen-bond acceptors (Lipinski definition) is 3. The topological polar surface area (TPSA) is 64.0 Å². The molecule has 0 fully saturated rings. The maximum Gasteiger partial charge on any atom is 0.287 e. The van der Waals surface area contributed by atoms with Crippen LogP contribution in [0.1, 0.15) is 18.5 Å². The quantitative estimate of drug-likeness (QED) is 0.911. The first-order valence-corrected chi connectivity index (χ1v) is 7.48. The minimum atomic E-state index is -0.616. The summed E-state index contributed by atoms with van der Waals surface area (Å²) in [4.78, 5) is 23.8. The second-order valence-corrected chi connectivity index (χ2v) is 5.77. The van der Waals surface area contributed by atoms with Crippen LogP contribution in [0.2, 0.25) is 15.1 Å². The molecule has 0 radical (unpaired) electrons. The standard InChI is InChI=1S/C14H12Cl3N3O2/c1-8(9-4-2-3-5-10(9)15)19-12(21)7-20-14(22)13(17)11(16)6-18-20/h2-6,8H,7H2,1H3,(H,19,21)/t8-/m1/s1. The zero-order valence-electron chi connectivity index (χ0n) is 11.5. The molecule has 1 N–H and O–H groups in total. The Morgan fingerprint density at radius 2 is 1.95 bits per heavy atom. The van der Waals surface area contributed by atoms with Gasteiger partial charge in [0.05, 0.1) is 17.3 Å². The summed E-state index contributed by atoms with van der Waals surface area (Å²) in [5, 5.41) is 6.97. The molecule has 1 amide bonds. The summed E-state index contributed by atoms with van der Waals surface area (Å²) >= 11 is 17.5. The van der Waals surface area contributed by atoms with E-state index in [-0.39, 0.29) is 28.5 Å². The highest BCUT2D eigenvalue weighted by molar-refractivity contribution is 6.41. The van der Waals surface area contributed by atoms with Gasteiger partial charge in [0.1, 0.15) is 11.6 Å². The highest BCUT2D eigenvalue weighted by Gasteiger charge is 2.15. The van der Waals surface area contributed by atoms with Crippen molar-refractivity contribution in [2.24, 2.45) is 0 Å². The predicted octanol–water partition coefficient (Wildman–Crippen LogP) is 3.08. The molecule has 0 aliphatic rings. The molecule has 0 aliphatic heterocycles. The van der Waals surface area contributed by atoms with Crippen molar-refractivity contribution in [2.45, 2.75) is 19.5 Å². The Hall–Kier alpha value is -1.56. The van der Waals surface area contributed by atoms with E-state index in [1.165, 1.54) is 6.20 Å². The van der Waals surface area contributed by atoms with E-state index < -0.39 is 5.56 Å². The average molecular weight is 361 g/mol. The lowest BCUT2D eigenvalue weighted by molar-refractivity contribution is -0.122. The zero-order chi connectivity index (χ0) is 16.3. The van der Waals surface area contributed by atoms with E-state index in [0.717, 1.165) is 10.2 Å². The number of rotatable bonds is 4. The molecule has 1 atom stereocenters. The number of nitrogens with one attached hydrogen (secondary N) is 1. The molecule has 1 aromatic carbocycles. The van der Waals surface area contributed by atoms with Gasteiger partial charge in [0.15, 0.2) is 0 Å². The number of nitrogens with zero attached hydrogens (tertiary/aromatic N) is 2. The summed E-state index contributed by atoms with van der Waals surface area (Å²) in [5.41, 5.74) is 0.168. The van der Waals surface area contributed by atoms with Crippen LogP contribution in [-0.2, 0) is 11.3 Å². The van der Waals surface area contributed by atoms with E-state index in [2.05, 4.69) is 10.4 Å². The molecule has 1 heterocycles. The van der Waals surface area contributed by atoms with Crippen LogP contribution in [0.15, 0.2) is 35.3 Å². The molecular formula is C14H12Cl3N3O2. The summed E-state index contributed by atoms with van der Waals surface area (Å²) in [6.45, 7) is 1.54. The third-order valence-corrected chi connectivity index (χ3v) is 4.08. The number of hydrogen-bond donors (Lipinski definition) is 1. The molecule has 0 unspecified atom stereocenters.